The van der Waals surface area contributed by atoms with Gasteiger partial charge in [0.1, 0.15) is 0 Å². The van der Waals surface area contributed by atoms with Gasteiger partial charge in [-0.1, -0.05) is 0 Å². The predicted octanol–water partition coefficient (Wildman–Crippen LogP) is -0.216. The van der Waals surface area contributed by atoms with Gasteiger partial charge in [-0.3, -0.25) is 0 Å². The normalized spacial score (nSPS) is 8.29. The predicted molar refractivity (Wildman–Crippen MR) is 27.1 cm³/mol. The summed E-state index contributed by atoms with van der Waals surface area (Å²) in [7, 11) is 0. The second-order valence-electron chi connectivity index (χ2n) is 1.09. The van der Waals surface area contributed by atoms with Crippen molar-refractivity contribution in [2.45, 2.75) is 13.8 Å². The van der Waals surface area contributed by atoms with Crippen LogP contribution < -0.4 is 0 Å². The van der Waals surface area contributed by atoms with E-state index in [4.69, 9.17) is 0 Å². The third-order valence-corrected chi connectivity index (χ3v) is 1.93. The Morgan fingerprint density at radius 3 is 1.43 bits per heavy atom. The number of hydrogen-bond acceptors (Lipinski definition) is 2. The fraction of sp³-hybridized carbons (Fsp3) is 0.500. The van der Waals surface area contributed by atoms with Crippen molar-refractivity contribution in [2.24, 2.45) is 0 Å². The molecule has 0 radical (unpaired) electrons. The van der Waals surface area contributed by atoms with Crippen LogP contribution in [-0.2, 0) is 9.59 Å². The summed E-state index contributed by atoms with van der Waals surface area (Å²) in [6.07, 6.45) is 0. The van der Waals surface area contributed by atoms with Crippen molar-refractivity contribution in [3.63, 3.8) is 0 Å². The van der Waals surface area contributed by atoms with Crippen molar-refractivity contribution in [1.82, 2.24) is 0 Å². The van der Waals surface area contributed by atoms with Crippen LogP contribution in [0.15, 0.2) is 0 Å². The van der Waals surface area contributed by atoms with E-state index in [0.717, 1.165) is 0 Å². The Kier molecular flexibility index (Phi) is 3.23. The molecule has 0 bridgehead atoms. The van der Waals surface area contributed by atoms with Crippen LogP contribution in [0.4, 0.5) is 0 Å². The third kappa shape index (κ3) is 6.13. The molecule has 40 valence electrons. The standard InChI is InChI=1S/C4H6O2Te/c1-3(5)7-4(2)6/h1-2H3. The Balaban J connectivity index is 3.32. The first-order valence-electron chi connectivity index (χ1n) is 1.82. The Morgan fingerprint density at radius 1 is 1.14 bits per heavy atom. The van der Waals surface area contributed by atoms with Crippen molar-refractivity contribution >= 4 is 28.6 Å². The zero-order chi connectivity index (χ0) is 5.86. The summed E-state index contributed by atoms with van der Waals surface area (Å²) in [5.41, 5.74) is 0. The number of rotatable bonds is 2. The van der Waals surface area contributed by atoms with Gasteiger partial charge in [0.25, 0.3) is 0 Å². The van der Waals surface area contributed by atoms with Gasteiger partial charge < -0.3 is 0 Å². The zero-order valence-corrected chi connectivity index (χ0v) is 6.56. The van der Waals surface area contributed by atoms with Gasteiger partial charge in [-0.25, -0.2) is 0 Å². The molecule has 0 aliphatic carbocycles. The molecule has 0 aromatic rings. The molecule has 0 heterocycles. The molecule has 0 aromatic carbocycles. The molecule has 0 aromatic heterocycles. The molecule has 0 amide bonds. The molecular formula is C4H6O2Te. The van der Waals surface area contributed by atoms with Crippen LogP contribution in [-0.4, -0.2) is 28.6 Å². The van der Waals surface area contributed by atoms with E-state index in [2.05, 4.69) is 0 Å². The van der Waals surface area contributed by atoms with E-state index in [0.29, 0.717) is 0 Å². The summed E-state index contributed by atoms with van der Waals surface area (Å²) < 4.78 is 0.135. The second kappa shape index (κ2) is 3.17. The first-order valence-corrected chi connectivity index (χ1v) is 4.15. The molecule has 0 saturated carbocycles. The van der Waals surface area contributed by atoms with Gasteiger partial charge in [0.15, 0.2) is 0 Å². The molecule has 0 fully saturated rings. The van der Waals surface area contributed by atoms with E-state index in [1.54, 1.807) is 0 Å². The molecule has 0 saturated heterocycles. The van der Waals surface area contributed by atoms with Crippen molar-refractivity contribution in [3.8, 4) is 0 Å². The van der Waals surface area contributed by atoms with Gasteiger partial charge in [-0.2, -0.15) is 0 Å². The van der Waals surface area contributed by atoms with Crippen molar-refractivity contribution in [1.29, 1.82) is 0 Å². The van der Waals surface area contributed by atoms with Crippen LogP contribution in [0.2, 0.25) is 0 Å². The van der Waals surface area contributed by atoms with Crippen molar-refractivity contribution < 1.29 is 9.59 Å². The molecular weight excluding hydrogens is 208 g/mol. The van der Waals surface area contributed by atoms with Crippen LogP contribution in [0, 0.1) is 0 Å². The van der Waals surface area contributed by atoms with E-state index in [1.807, 2.05) is 0 Å². The molecule has 0 aliphatic rings. The monoisotopic (exact) mass is 216 g/mol. The Hall–Kier alpha value is 0.130. The van der Waals surface area contributed by atoms with E-state index in [1.165, 1.54) is 13.8 Å². The number of carbonyl (C=O) groups excluding carboxylic acids is 2. The summed E-state index contributed by atoms with van der Waals surface area (Å²) in [4.78, 5) is 20.2. The fourth-order valence-corrected chi connectivity index (χ4v) is 1.36. The molecule has 0 rings (SSSR count). The van der Waals surface area contributed by atoms with Crippen LogP contribution in [0.1, 0.15) is 13.8 Å². The Labute approximate surface area is 52.4 Å². The minimum atomic E-state index is -0.928. The summed E-state index contributed by atoms with van der Waals surface area (Å²) in [5, 5.41) is 0. The SMILES string of the molecule is CC(=O)[Te]C(C)=O. The first-order chi connectivity index (χ1) is 3.13. The molecule has 2 nitrogen and oxygen atoms in total. The van der Waals surface area contributed by atoms with Crippen LogP contribution >= 0.6 is 0 Å². The molecule has 0 atom stereocenters. The average Bonchev–Trinajstić information content (AvgIpc) is 1.27. The summed E-state index contributed by atoms with van der Waals surface area (Å²) in [6.45, 7) is 2.92. The first kappa shape index (κ1) is 7.13. The second-order valence-corrected chi connectivity index (χ2v) is 4.95. The van der Waals surface area contributed by atoms with Gasteiger partial charge in [-0.15, -0.1) is 0 Å². The van der Waals surface area contributed by atoms with Crippen molar-refractivity contribution in [3.05, 3.63) is 0 Å². The molecule has 7 heavy (non-hydrogen) atoms. The van der Waals surface area contributed by atoms with Gasteiger partial charge >= 0.3 is 52.0 Å². The molecule has 0 spiro atoms. The Bertz CT molecular complexity index is 85.9. The van der Waals surface area contributed by atoms with Crippen LogP contribution in [0.3, 0.4) is 0 Å². The van der Waals surface area contributed by atoms with Crippen molar-refractivity contribution in [2.75, 3.05) is 0 Å². The fourth-order valence-electron chi connectivity index (χ4n) is 0.202. The number of hydrogen-bond donors (Lipinski definition) is 0. The molecule has 0 unspecified atom stereocenters. The van der Waals surface area contributed by atoms with Crippen LogP contribution in [0.5, 0.6) is 0 Å². The average molecular weight is 214 g/mol. The van der Waals surface area contributed by atoms with E-state index in [9.17, 15) is 9.59 Å². The van der Waals surface area contributed by atoms with Gasteiger partial charge in [0.05, 0.1) is 0 Å². The van der Waals surface area contributed by atoms with Gasteiger partial charge in [-0.05, 0) is 0 Å². The number of carbonyl (C=O) groups is 2. The maximum absolute atomic E-state index is 10.1. The van der Waals surface area contributed by atoms with Gasteiger partial charge in [0.2, 0.25) is 0 Å². The Morgan fingerprint density at radius 2 is 1.43 bits per heavy atom. The zero-order valence-electron chi connectivity index (χ0n) is 4.22. The van der Waals surface area contributed by atoms with Crippen LogP contribution in [0.25, 0.3) is 0 Å². The van der Waals surface area contributed by atoms with Gasteiger partial charge in [0, 0.05) is 0 Å². The summed E-state index contributed by atoms with van der Waals surface area (Å²) in [5.74, 6) is 0. The molecule has 0 N–H and O–H groups in total. The topological polar surface area (TPSA) is 34.1 Å². The van der Waals surface area contributed by atoms with E-state index in [-0.39, 0.29) is 7.66 Å². The molecule has 0 aliphatic heterocycles. The summed E-state index contributed by atoms with van der Waals surface area (Å²) in [6, 6.07) is 0. The maximum atomic E-state index is 10.1. The quantitative estimate of drug-likeness (QED) is 0.595. The molecule has 3 heteroatoms. The van der Waals surface area contributed by atoms with E-state index >= 15 is 0 Å². The third-order valence-electron chi connectivity index (χ3n) is 0.287. The minimum absolute atomic E-state index is 0.0675. The van der Waals surface area contributed by atoms with E-state index < -0.39 is 20.9 Å². The summed E-state index contributed by atoms with van der Waals surface area (Å²) >= 11 is -0.928.